The Morgan fingerprint density at radius 3 is 1.98 bits per heavy atom. The van der Waals surface area contributed by atoms with E-state index in [9.17, 15) is 9.90 Å². The summed E-state index contributed by atoms with van der Waals surface area (Å²) in [6.45, 7) is 19.7. The van der Waals surface area contributed by atoms with Crippen molar-refractivity contribution in [2.75, 3.05) is 54.2 Å². The smallest absolute Gasteiger partial charge is 0.410 e. The lowest BCUT2D eigenvalue weighted by molar-refractivity contribution is -0.0569. The summed E-state index contributed by atoms with van der Waals surface area (Å²) in [5, 5.41) is 11.1. The minimum atomic E-state index is -2.13. The van der Waals surface area contributed by atoms with E-state index in [0.29, 0.717) is 12.1 Å². The van der Waals surface area contributed by atoms with Gasteiger partial charge in [-0.2, -0.15) is 0 Å². The number of methoxy groups -OCH3 is 2. The van der Waals surface area contributed by atoms with E-state index in [1.165, 1.54) is 26.4 Å². The highest BCUT2D eigenvalue weighted by molar-refractivity contribution is 6.74. The number of unbranched alkanes of at least 4 members (excludes halogenated alkanes) is 5. The molecule has 0 saturated carbocycles. The molecule has 0 aliphatic rings. The molecular weight excluding hydrogens is 530 g/mol. The van der Waals surface area contributed by atoms with Crippen LogP contribution in [0.1, 0.15) is 87.0 Å². The van der Waals surface area contributed by atoms with Crippen molar-refractivity contribution < 1.29 is 38.0 Å². The Morgan fingerprint density at radius 2 is 1.45 bits per heavy atom. The Labute approximate surface area is 246 Å². The van der Waals surface area contributed by atoms with Gasteiger partial charge in [-0.25, -0.2) is 4.79 Å². The molecule has 0 fully saturated rings. The fourth-order valence-electron chi connectivity index (χ4n) is 3.59. The average molecular weight is 592 g/mol. The number of rotatable bonds is 21. The summed E-state index contributed by atoms with van der Waals surface area (Å²) in [5.41, 5.74) is -0.0247. The lowest BCUT2D eigenvalue weighted by atomic mass is 10.1. The first-order valence-corrected chi connectivity index (χ1v) is 17.7. The first-order valence-electron chi connectivity index (χ1n) is 14.7. The summed E-state index contributed by atoms with van der Waals surface area (Å²) in [5.74, 6) is 0. The third-order valence-electron chi connectivity index (χ3n) is 6.99. The average Bonchev–Trinajstić information content (AvgIpc) is 2.83. The second kappa shape index (κ2) is 20.0. The zero-order valence-electron chi connectivity index (χ0n) is 27.5. The molecule has 2 atom stereocenters. The summed E-state index contributed by atoms with van der Waals surface area (Å²) in [6.07, 6.45) is 7.08. The van der Waals surface area contributed by atoms with E-state index in [2.05, 4.69) is 40.8 Å². The van der Waals surface area contributed by atoms with Crippen molar-refractivity contribution >= 4 is 14.4 Å². The highest BCUT2D eigenvalue weighted by atomic mass is 28.4. The Kier molecular flexibility index (Phi) is 19.5. The molecule has 0 heterocycles. The summed E-state index contributed by atoms with van der Waals surface area (Å²) < 4.78 is 33.6. The maximum Gasteiger partial charge on any atom is 0.410 e. The van der Waals surface area contributed by atoms with Crippen LogP contribution in [0.25, 0.3) is 0 Å². The predicted octanol–water partition coefficient (Wildman–Crippen LogP) is 6.50. The van der Waals surface area contributed by atoms with Gasteiger partial charge < -0.3 is 33.2 Å². The molecule has 0 unspecified atom stereocenters. The molecular formula is C30H61NO8Si. The van der Waals surface area contributed by atoms with Gasteiger partial charge in [0.05, 0.1) is 25.9 Å². The van der Waals surface area contributed by atoms with Crippen molar-refractivity contribution in [3.8, 4) is 0 Å². The Balaban J connectivity index is 6.26. The van der Waals surface area contributed by atoms with Crippen LogP contribution in [0.3, 0.4) is 0 Å². The molecule has 0 rings (SSSR count). The van der Waals surface area contributed by atoms with Crippen molar-refractivity contribution in [3.05, 3.63) is 11.6 Å². The minimum absolute atomic E-state index is 0.00306. The Hall–Kier alpha value is -1.01. The van der Waals surface area contributed by atoms with E-state index in [0.717, 1.165) is 19.3 Å². The van der Waals surface area contributed by atoms with Gasteiger partial charge in [0.25, 0.3) is 0 Å². The van der Waals surface area contributed by atoms with Gasteiger partial charge in [0.15, 0.2) is 8.32 Å². The van der Waals surface area contributed by atoms with Crippen molar-refractivity contribution in [2.24, 2.45) is 0 Å². The molecule has 1 amide bonds. The number of nitrogens with zero attached hydrogens (tertiary/aromatic N) is 1. The number of hydrogen-bond acceptors (Lipinski definition) is 8. The van der Waals surface area contributed by atoms with E-state index in [-0.39, 0.29) is 38.4 Å². The van der Waals surface area contributed by atoms with Crippen LogP contribution in [0.4, 0.5) is 4.79 Å². The fraction of sp³-hybridized carbons (Fsp3) is 0.900. The van der Waals surface area contributed by atoms with Crippen LogP contribution in [0, 0.1) is 0 Å². The summed E-state index contributed by atoms with van der Waals surface area (Å²) in [7, 11) is 0.968. The molecule has 0 spiro atoms. The van der Waals surface area contributed by atoms with Gasteiger partial charge in [0, 0.05) is 20.8 Å². The first-order chi connectivity index (χ1) is 18.6. The minimum Gasteiger partial charge on any atom is -0.444 e. The zero-order chi connectivity index (χ0) is 30.8. The zero-order valence-corrected chi connectivity index (χ0v) is 28.5. The maximum atomic E-state index is 13.5. The van der Waals surface area contributed by atoms with Crippen molar-refractivity contribution in [1.29, 1.82) is 0 Å². The molecule has 1 N–H and O–H groups in total. The largest absolute Gasteiger partial charge is 0.444 e. The molecule has 0 saturated heterocycles. The molecule has 0 aromatic heterocycles. The van der Waals surface area contributed by atoms with Crippen LogP contribution in [-0.4, -0.2) is 96.3 Å². The van der Waals surface area contributed by atoms with E-state index in [4.69, 9.17) is 28.1 Å². The molecule has 0 aromatic carbocycles. The van der Waals surface area contributed by atoms with E-state index >= 15 is 0 Å². The van der Waals surface area contributed by atoms with E-state index in [1.807, 2.05) is 26.8 Å². The number of aliphatic hydroxyl groups is 1. The van der Waals surface area contributed by atoms with Gasteiger partial charge in [0.1, 0.15) is 25.3 Å². The molecule has 0 aromatic rings. The maximum absolute atomic E-state index is 13.5. The SMILES string of the molecule is CCCCCCCCN(C(=O)OC(C)(C)C)[C@H](/C=C(/CO[Si](C)(C)C(C)(C)C)[C@H](O)COCOC)COCOC. The molecule has 40 heavy (non-hydrogen) atoms. The number of amides is 1. The topological polar surface area (TPSA) is 95.9 Å². The van der Waals surface area contributed by atoms with Gasteiger partial charge >= 0.3 is 6.09 Å². The number of aliphatic hydroxyl groups excluding tert-OH is 1. The van der Waals surface area contributed by atoms with Crippen LogP contribution < -0.4 is 0 Å². The van der Waals surface area contributed by atoms with Gasteiger partial charge in [-0.1, -0.05) is 65.9 Å². The van der Waals surface area contributed by atoms with Crippen LogP contribution in [-0.2, 0) is 28.1 Å². The number of carbonyl (C=O) groups is 1. The molecule has 238 valence electrons. The molecule has 0 aliphatic heterocycles. The summed E-state index contributed by atoms with van der Waals surface area (Å²) >= 11 is 0. The van der Waals surface area contributed by atoms with Crippen LogP contribution >= 0.6 is 0 Å². The standard InChI is InChI=1S/C30H61NO8Si/c1-12-13-14-15-16-17-18-31(28(33)39-29(2,3)4)26(21-36-23-34-8)19-25(27(32)22-37-24-35-9)20-38-40(10,11)30(5,6)7/h19,26-27,32H,12-18,20-24H2,1-11H3/b25-19-/t26-,27-/m1/s1. The first kappa shape index (κ1) is 39.0. The third-order valence-corrected chi connectivity index (χ3v) is 11.5. The van der Waals surface area contributed by atoms with Crippen molar-refractivity contribution in [1.82, 2.24) is 4.90 Å². The quantitative estimate of drug-likeness (QED) is 0.0699. The molecule has 0 bridgehead atoms. The lowest BCUT2D eigenvalue weighted by Gasteiger charge is -2.37. The second-order valence-corrected chi connectivity index (χ2v) is 17.7. The van der Waals surface area contributed by atoms with Crippen LogP contribution in [0.15, 0.2) is 11.6 Å². The fourth-order valence-corrected chi connectivity index (χ4v) is 4.55. The van der Waals surface area contributed by atoms with Crippen molar-refractivity contribution in [2.45, 2.75) is 123 Å². The van der Waals surface area contributed by atoms with E-state index < -0.39 is 32.2 Å². The van der Waals surface area contributed by atoms with Gasteiger partial charge in [-0.3, -0.25) is 4.90 Å². The molecule has 0 aliphatic carbocycles. The number of hydrogen-bond donors (Lipinski definition) is 1. The Bertz CT molecular complexity index is 703. The monoisotopic (exact) mass is 591 g/mol. The van der Waals surface area contributed by atoms with E-state index in [1.54, 1.807) is 12.0 Å². The number of ether oxygens (including phenoxy) is 5. The molecule has 10 heteroatoms. The van der Waals surface area contributed by atoms with Gasteiger partial charge in [-0.15, -0.1) is 0 Å². The summed E-state index contributed by atoms with van der Waals surface area (Å²) in [4.78, 5) is 15.2. The second-order valence-electron chi connectivity index (χ2n) is 12.9. The highest BCUT2D eigenvalue weighted by Gasteiger charge is 2.38. The predicted molar refractivity (Wildman–Crippen MR) is 163 cm³/mol. The highest BCUT2D eigenvalue weighted by Crippen LogP contribution is 2.37. The van der Waals surface area contributed by atoms with Crippen molar-refractivity contribution in [3.63, 3.8) is 0 Å². The Morgan fingerprint density at radius 1 is 0.900 bits per heavy atom. The van der Waals surface area contributed by atoms with Crippen LogP contribution in [0.2, 0.25) is 18.1 Å². The normalized spacial score (nSPS) is 14.8. The molecule has 9 nitrogen and oxygen atoms in total. The third kappa shape index (κ3) is 17.1. The number of carbonyl (C=O) groups excluding carboxylic acids is 1. The lowest BCUT2D eigenvalue weighted by Crippen LogP contribution is -2.46. The van der Waals surface area contributed by atoms with Crippen LogP contribution in [0.5, 0.6) is 0 Å². The van der Waals surface area contributed by atoms with Gasteiger partial charge in [0.2, 0.25) is 0 Å². The van der Waals surface area contributed by atoms with Gasteiger partial charge in [-0.05, 0) is 50.9 Å². The molecule has 0 radical (unpaired) electrons. The summed E-state index contributed by atoms with van der Waals surface area (Å²) in [6, 6.07) is -0.504.